The highest BCUT2D eigenvalue weighted by atomic mass is 35.5. The van der Waals surface area contributed by atoms with Crippen LogP contribution in [0.25, 0.3) is 0 Å². The van der Waals surface area contributed by atoms with Crippen molar-refractivity contribution in [2.24, 2.45) is 5.73 Å². The second-order valence-electron chi connectivity index (χ2n) is 5.20. The molecule has 0 amide bonds. The van der Waals surface area contributed by atoms with Crippen LogP contribution in [-0.2, 0) is 16.3 Å². The van der Waals surface area contributed by atoms with E-state index in [1.165, 1.54) is 30.3 Å². The first-order valence-electron chi connectivity index (χ1n) is 7.55. The average Bonchev–Trinajstić information content (AvgIpc) is 2.60. The predicted molar refractivity (Wildman–Crippen MR) is 99.6 cm³/mol. The summed E-state index contributed by atoms with van der Waals surface area (Å²) >= 11 is 0. The van der Waals surface area contributed by atoms with Gasteiger partial charge in [0.25, 0.3) is 0 Å². The third kappa shape index (κ3) is 6.86. The first-order valence-corrected chi connectivity index (χ1v) is 9.20. The first-order chi connectivity index (χ1) is 11.5. The molecule has 0 aliphatic rings. The van der Waals surface area contributed by atoms with Crippen LogP contribution >= 0.6 is 12.4 Å². The molecule has 2 aromatic carbocycles. The highest BCUT2D eigenvalue weighted by Gasteiger charge is 2.14. The summed E-state index contributed by atoms with van der Waals surface area (Å²) in [5.41, 5.74) is 6.17. The molecule has 0 saturated carbocycles. The summed E-state index contributed by atoms with van der Waals surface area (Å²) in [5, 5.41) is 0. The molecule has 0 fully saturated rings. The minimum absolute atomic E-state index is 0. The van der Waals surface area contributed by atoms with Crippen molar-refractivity contribution in [1.29, 1.82) is 0 Å². The Morgan fingerprint density at radius 3 is 2.32 bits per heavy atom. The van der Waals surface area contributed by atoms with Gasteiger partial charge in [-0.15, -0.1) is 12.4 Å². The zero-order chi connectivity index (χ0) is 17.4. The number of ether oxygens (including phenoxy) is 1. The number of hydrogen-bond donors (Lipinski definition) is 1. The van der Waals surface area contributed by atoms with Gasteiger partial charge >= 0.3 is 0 Å². The lowest BCUT2D eigenvalue weighted by atomic mass is 10.2. The van der Waals surface area contributed by atoms with E-state index in [-0.39, 0.29) is 36.2 Å². The monoisotopic (exact) mass is 385 g/mol. The first kappa shape index (κ1) is 21.2. The van der Waals surface area contributed by atoms with Crippen LogP contribution < -0.4 is 10.5 Å². The Balaban J connectivity index is 0.00000312. The molecule has 136 valence electrons. The van der Waals surface area contributed by atoms with E-state index in [1.807, 2.05) is 30.3 Å². The molecule has 0 bridgehead atoms. The van der Waals surface area contributed by atoms with Crippen molar-refractivity contribution in [1.82, 2.24) is 0 Å². The zero-order valence-corrected chi connectivity index (χ0v) is 15.2. The largest absolute Gasteiger partial charge is 0.487 e. The Morgan fingerprint density at radius 2 is 1.72 bits per heavy atom. The summed E-state index contributed by atoms with van der Waals surface area (Å²) in [4.78, 5) is 0.226. The molecule has 0 aliphatic heterocycles. The molecule has 7 heteroatoms. The molecular formula is C18H21ClFNO3S. The maximum atomic E-state index is 13.2. The molecule has 0 unspecified atom stereocenters. The van der Waals surface area contributed by atoms with E-state index >= 15 is 0 Å². The summed E-state index contributed by atoms with van der Waals surface area (Å²) in [7, 11) is -3.37. The maximum Gasteiger partial charge on any atom is 0.178 e. The molecule has 0 heterocycles. The van der Waals surface area contributed by atoms with Crippen molar-refractivity contribution in [3.8, 4) is 5.75 Å². The van der Waals surface area contributed by atoms with Crippen molar-refractivity contribution < 1.29 is 17.5 Å². The predicted octanol–water partition coefficient (Wildman–Crippen LogP) is 3.32. The summed E-state index contributed by atoms with van der Waals surface area (Å²) in [6.45, 7) is -0.120. The van der Waals surface area contributed by atoms with E-state index in [4.69, 9.17) is 10.5 Å². The van der Waals surface area contributed by atoms with Gasteiger partial charge in [-0.05, 0) is 42.3 Å². The lowest BCUT2D eigenvalue weighted by molar-refractivity contribution is 0.318. The smallest absolute Gasteiger partial charge is 0.178 e. The van der Waals surface area contributed by atoms with Crippen LogP contribution in [0.15, 0.2) is 71.4 Å². The van der Waals surface area contributed by atoms with Crippen LogP contribution in [0, 0.1) is 0 Å². The Kier molecular flexibility index (Phi) is 8.61. The minimum atomic E-state index is -3.37. The van der Waals surface area contributed by atoms with E-state index in [1.54, 1.807) is 0 Å². The van der Waals surface area contributed by atoms with Gasteiger partial charge in [-0.2, -0.15) is 0 Å². The molecule has 0 saturated heterocycles. The lowest BCUT2D eigenvalue weighted by Gasteiger charge is -2.07. The number of nitrogens with two attached hydrogens (primary N) is 1. The van der Waals surface area contributed by atoms with Gasteiger partial charge < -0.3 is 10.5 Å². The quantitative estimate of drug-likeness (QED) is 0.756. The van der Waals surface area contributed by atoms with Crippen LogP contribution in [0.1, 0.15) is 5.56 Å². The number of benzene rings is 2. The van der Waals surface area contributed by atoms with Crippen LogP contribution in [0.5, 0.6) is 5.75 Å². The summed E-state index contributed by atoms with van der Waals surface area (Å²) in [6.07, 6.45) is 1.68. The Morgan fingerprint density at radius 1 is 1.08 bits per heavy atom. The van der Waals surface area contributed by atoms with E-state index in [0.29, 0.717) is 12.2 Å². The Hall–Kier alpha value is -1.89. The molecular weight excluding hydrogens is 365 g/mol. The number of halogens is 2. The van der Waals surface area contributed by atoms with Crippen LogP contribution in [0.2, 0.25) is 0 Å². The van der Waals surface area contributed by atoms with Crippen molar-refractivity contribution >= 4 is 22.2 Å². The highest BCUT2D eigenvalue weighted by molar-refractivity contribution is 7.91. The Bertz CT molecular complexity index is 778. The van der Waals surface area contributed by atoms with E-state index in [9.17, 15) is 12.8 Å². The van der Waals surface area contributed by atoms with Crippen molar-refractivity contribution in [3.63, 3.8) is 0 Å². The van der Waals surface area contributed by atoms with Gasteiger partial charge in [0, 0.05) is 6.54 Å². The molecule has 0 atom stereocenters. The van der Waals surface area contributed by atoms with Gasteiger partial charge in [-0.25, -0.2) is 12.8 Å². The number of sulfone groups is 1. The van der Waals surface area contributed by atoms with E-state index < -0.39 is 15.7 Å². The number of aryl methyl sites for hydroxylation is 1. The van der Waals surface area contributed by atoms with Crippen LogP contribution in [0.4, 0.5) is 4.39 Å². The standard InChI is InChI=1S/C18H20FNO3S.ClH/c19-16(10-12-20)14-23-17-6-8-18(9-7-17)24(21,22)13-11-15-4-2-1-3-5-15;/h1-10H,11-14,20H2;1H/b16-10+;. The molecule has 0 aliphatic carbocycles. The van der Waals surface area contributed by atoms with Gasteiger partial charge in [0.2, 0.25) is 0 Å². The second-order valence-corrected chi connectivity index (χ2v) is 7.31. The van der Waals surface area contributed by atoms with Gasteiger partial charge in [-0.3, -0.25) is 0 Å². The maximum absolute atomic E-state index is 13.2. The molecule has 2 rings (SSSR count). The number of rotatable bonds is 8. The molecule has 0 spiro atoms. The summed E-state index contributed by atoms with van der Waals surface area (Å²) in [5.74, 6) is -0.0277. The molecule has 0 radical (unpaired) electrons. The second kappa shape index (κ2) is 10.2. The minimum Gasteiger partial charge on any atom is -0.487 e. The fraction of sp³-hybridized carbons (Fsp3) is 0.222. The highest BCUT2D eigenvalue weighted by Crippen LogP contribution is 2.18. The van der Waals surface area contributed by atoms with Gasteiger partial charge in [0.05, 0.1) is 10.6 Å². The molecule has 2 aromatic rings. The van der Waals surface area contributed by atoms with Crippen molar-refractivity contribution in [3.05, 3.63) is 72.1 Å². The average molecular weight is 386 g/mol. The third-order valence-corrected chi connectivity index (χ3v) is 5.13. The third-order valence-electron chi connectivity index (χ3n) is 3.40. The fourth-order valence-electron chi connectivity index (χ4n) is 2.10. The van der Waals surface area contributed by atoms with E-state index in [2.05, 4.69) is 0 Å². The molecule has 2 N–H and O–H groups in total. The zero-order valence-electron chi connectivity index (χ0n) is 13.6. The Labute approximate surface area is 153 Å². The van der Waals surface area contributed by atoms with Crippen LogP contribution in [-0.4, -0.2) is 27.3 Å². The van der Waals surface area contributed by atoms with Gasteiger partial charge in [-0.1, -0.05) is 30.3 Å². The molecule has 0 aromatic heterocycles. The van der Waals surface area contributed by atoms with Gasteiger partial charge in [0.15, 0.2) is 9.84 Å². The summed E-state index contributed by atoms with van der Waals surface area (Å²) < 4.78 is 43.1. The van der Waals surface area contributed by atoms with Crippen molar-refractivity contribution in [2.75, 3.05) is 18.9 Å². The summed E-state index contributed by atoms with van der Waals surface area (Å²) in [6, 6.07) is 15.4. The topological polar surface area (TPSA) is 69.4 Å². The van der Waals surface area contributed by atoms with Gasteiger partial charge in [0.1, 0.15) is 18.2 Å². The molecule has 25 heavy (non-hydrogen) atoms. The van der Waals surface area contributed by atoms with E-state index in [0.717, 1.165) is 5.56 Å². The van der Waals surface area contributed by atoms with Crippen LogP contribution in [0.3, 0.4) is 0 Å². The molecule has 4 nitrogen and oxygen atoms in total. The normalized spacial score (nSPS) is 11.7. The number of hydrogen-bond acceptors (Lipinski definition) is 4. The van der Waals surface area contributed by atoms with Crippen molar-refractivity contribution in [2.45, 2.75) is 11.3 Å². The fourth-order valence-corrected chi connectivity index (χ4v) is 3.39. The SMILES string of the molecule is Cl.NC/C=C(/F)COc1ccc(S(=O)(=O)CCc2ccccc2)cc1. The lowest BCUT2D eigenvalue weighted by Crippen LogP contribution is -2.09.